The van der Waals surface area contributed by atoms with Crippen molar-refractivity contribution in [2.24, 2.45) is 0 Å². The van der Waals surface area contributed by atoms with Gasteiger partial charge in [0.2, 0.25) is 5.91 Å². The zero-order valence-corrected chi connectivity index (χ0v) is 19.4. The number of nitrogens with zero attached hydrogens (tertiary/aromatic N) is 1. The summed E-state index contributed by atoms with van der Waals surface area (Å²) in [6, 6.07) is 8.48. The van der Waals surface area contributed by atoms with Gasteiger partial charge in [-0.3, -0.25) is 4.79 Å². The molecule has 2 aromatic rings. The molecule has 0 aliphatic carbocycles. The van der Waals surface area contributed by atoms with Gasteiger partial charge in [0.15, 0.2) is 23.0 Å². The fourth-order valence-corrected chi connectivity index (χ4v) is 4.81. The summed E-state index contributed by atoms with van der Waals surface area (Å²) in [5, 5.41) is 2.77. The van der Waals surface area contributed by atoms with E-state index >= 15 is 0 Å². The molecule has 2 aromatic carbocycles. The highest BCUT2D eigenvalue weighted by atomic mass is 32.2. The first-order chi connectivity index (χ1) is 15.2. The van der Waals surface area contributed by atoms with Crippen molar-refractivity contribution in [1.29, 1.82) is 0 Å². The molecule has 0 saturated carbocycles. The number of hydrogen-bond acceptors (Lipinski definition) is 7. The normalized spacial score (nSPS) is 20.3. The molecule has 2 atom stereocenters. The molecule has 32 heavy (non-hydrogen) atoms. The van der Waals surface area contributed by atoms with Crippen LogP contribution in [0.3, 0.4) is 0 Å². The standard InChI is InChI=1S/C21H27N3O7S/c1-24-16(21(25)22-14-7-9-18(29-3)20(11-14)31-5)12-15(23-32(24,26)27)13-6-8-17(28-2)19(10-13)30-4/h6-11,15-16,23H,12H2,1-5H3,(H,22,25)/t15-,16+/m0/s1. The van der Waals surface area contributed by atoms with Gasteiger partial charge in [0.05, 0.1) is 34.5 Å². The van der Waals surface area contributed by atoms with Crippen molar-refractivity contribution in [3.8, 4) is 23.0 Å². The van der Waals surface area contributed by atoms with Gasteiger partial charge in [-0.25, -0.2) is 0 Å². The zero-order valence-electron chi connectivity index (χ0n) is 18.5. The van der Waals surface area contributed by atoms with Crippen LogP contribution in [0.25, 0.3) is 0 Å². The summed E-state index contributed by atoms with van der Waals surface area (Å²) in [4.78, 5) is 13.1. The van der Waals surface area contributed by atoms with Gasteiger partial charge in [0.1, 0.15) is 6.04 Å². The van der Waals surface area contributed by atoms with Crippen LogP contribution in [-0.2, 0) is 15.0 Å². The van der Waals surface area contributed by atoms with Crippen LogP contribution in [0.1, 0.15) is 18.0 Å². The molecule has 1 amide bonds. The average molecular weight is 466 g/mol. The maximum atomic E-state index is 13.1. The van der Waals surface area contributed by atoms with Crippen LogP contribution in [-0.4, -0.2) is 60.2 Å². The van der Waals surface area contributed by atoms with Crippen molar-refractivity contribution in [3.05, 3.63) is 42.0 Å². The Kier molecular flexibility index (Phi) is 7.12. The molecule has 1 saturated heterocycles. The predicted octanol–water partition coefficient (Wildman–Crippen LogP) is 1.94. The number of likely N-dealkylation sites (N-methyl/N-ethyl adjacent to an activating group) is 1. The van der Waals surface area contributed by atoms with E-state index in [1.807, 2.05) is 0 Å². The topological polar surface area (TPSA) is 115 Å². The van der Waals surface area contributed by atoms with Crippen LogP contribution >= 0.6 is 0 Å². The predicted molar refractivity (Wildman–Crippen MR) is 119 cm³/mol. The summed E-state index contributed by atoms with van der Waals surface area (Å²) in [5.74, 6) is 1.49. The maximum absolute atomic E-state index is 13.1. The molecule has 1 aliphatic rings. The zero-order chi connectivity index (χ0) is 23.5. The molecule has 10 nitrogen and oxygen atoms in total. The van der Waals surface area contributed by atoms with E-state index in [2.05, 4.69) is 10.0 Å². The first-order valence-electron chi connectivity index (χ1n) is 9.74. The lowest BCUT2D eigenvalue weighted by atomic mass is 9.99. The van der Waals surface area contributed by atoms with Crippen molar-refractivity contribution >= 4 is 21.8 Å². The molecule has 1 heterocycles. The van der Waals surface area contributed by atoms with Gasteiger partial charge in [-0.15, -0.1) is 0 Å². The number of anilines is 1. The minimum absolute atomic E-state index is 0.213. The Labute approximate surface area is 187 Å². The van der Waals surface area contributed by atoms with Crippen LogP contribution in [0.4, 0.5) is 5.69 Å². The molecule has 3 rings (SSSR count). The summed E-state index contributed by atoms with van der Waals surface area (Å²) < 4.78 is 50.1. The molecule has 1 fully saturated rings. The number of ether oxygens (including phenoxy) is 4. The quantitative estimate of drug-likeness (QED) is 0.642. The Balaban J connectivity index is 1.86. The number of rotatable bonds is 7. The Morgan fingerprint density at radius 1 is 0.938 bits per heavy atom. The van der Waals surface area contributed by atoms with Crippen LogP contribution in [0.2, 0.25) is 0 Å². The lowest BCUT2D eigenvalue weighted by Gasteiger charge is -2.36. The molecule has 0 radical (unpaired) electrons. The van der Waals surface area contributed by atoms with E-state index in [4.69, 9.17) is 18.9 Å². The first kappa shape index (κ1) is 23.6. The number of hydrogen-bond donors (Lipinski definition) is 2. The van der Waals surface area contributed by atoms with Crippen molar-refractivity contribution in [2.75, 3.05) is 40.8 Å². The fraction of sp³-hybridized carbons (Fsp3) is 0.381. The first-order valence-corrected chi connectivity index (χ1v) is 11.2. The Bertz CT molecular complexity index is 1090. The van der Waals surface area contributed by atoms with E-state index < -0.39 is 28.2 Å². The minimum atomic E-state index is -3.90. The minimum Gasteiger partial charge on any atom is -0.493 e. The lowest BCUT2D eigenvalue weighted by Crippen LogP contribution is -2.55. The summed E-state index contributed by atoms with van der Waals surface area (Å²) in [7, 11) is 3.49. The van der Waals surface area contributed by atoms with Crippen LogP contribution in [0, 0.1) is 0 Å². The third-order valence-electron chi connectivity index (χ3n) is 5.33. The number of methoxy groups -OCH3 is 4. The molecule has 2 N–H and O–H groups in total. The molecule has 0 unspecified atom stereocenters. The van der Waals surface area contributed by atoms with E-state index in [-0.39, 0.29) is 6.42 Å². The largest absolute Gasteiger partial charge is 0.493 e. The maximum Gasteiger partial charge on any atom is 0.280 e. The number of benzene rings is 2. The second-order valence-electron chi connectivity index (χ2n) is 7.12. The summed E-state index contributed by atoms with van der Waals surface area (Å²) in [6.07, 6.45) is 0.213. The molecule has 11 heteroatoms. The van der Waals surface area contributed by atoms with E-state index in [9.17, 15) is 13.2 Å². The third-order valence-corrected chi connectivity index (χ3v) is 6.93. The summed E-state index contributed by atoms with van der Waals surface area (Å²) in [6.45, 7) is 0. The lowest BCUT2D eigenvalue weighted by molar-refractivity contribution is -0.120. The number of carbonyl (C=O) groups is 1. The highest BCUT2D eigenvalue weighted by molar-refractivity contribution is 7.87. The van der Waals surface area contributed by atoms with Gasteiger partial charge < -0.3 is 24.3 Å². The third kappa shape index (κ3) is 4.74. The molecule has 0 aromatic heterocycles. The van der Waals surface area contributed by atoms with Crippen molar-refractivity contribution in [1.82, 2.24) is 9.03 Å². The van der Waals surface area contributed by atoms with Crippen LogP contribution in [0.5, 0.6) is 23.0 Å². The molecule has 0 spiro atoms. The summed E-state index contributed by atoms with van der Waals surface area (Å²) in [5.41, 5.74) is 1.11. The summed E-state index contributed by atoms with van der Waals surface area (Å²) >= 11 is 0. The smallest absolute Gasteiger partial charge is 0.280 e. The van der Waals surface area contributed by atoms with Gasteiger partial charge in [-0.05, 0) is 36.2 Å². The van der Waals surface area contributed by atoms with Gasteiger partial charge >= 0.3 is 0 Å². The molecule has 174 valence electrons. The number of nitrogens with one attached hydrogen (secondary N) is 2. The molecule has 0 bridgehead atoms. The van der Waals surface area contributed by atoms with Gasteiger partial charge in [-0.2, -0.15) is 17.4 Å². The molecular weight excluding hydrogens is 438 g/mol. The van der Waals surface area contributed by atoms with E-state index in [0.29, 0.717) is 34.2 Å². The van der Waals surface area contributed by atoms with Crippen LogP contribution < -0.4 is 29.0 Å². The Hall–Kier alpha value is -3.02. The second-order valence-corrected chi connectivity index (χ2v) is 8.88. The number of amides is 1. The highest BCUT2D eigenvalue weighted by Gasteiger charge is 2.40. The van der Waals surface area contributed by atoms with Gasteiger partial charge in [0.25, 0.3) is 10.2 Å². The van der Waals surface area contributed by atoms with E-state index in [1.54, 1.807) is 36.4 Å². The Morgan fingerprint density at radius 2 is 1.50 bits per heavy atom. The van der Waals surface area contributed by atoms with Crippen molar-refractivity contribution in [2.45, 2.75) is 18.5 Å². The van der Waals surface area contributed by atoms with E-state index in [0.717, 1.165) is 4.31 Å². The van der Waals surface area contributed by atoms with E-state index in [1.165, 1.54) is 35.5 Å². The van der Waals surface area contributed by atoms with Crippen molar-refractivity contribution in [3.63, 3.8) is 0 Å². The van der Waals surface area contributed by atoms with Crippen LogP contribution in [0.15, 0.2) is 36.4 Å². The SMILES string of the molecule is COc1ccc(NC(=O)[C@H]2C[C@@H](c3ccc(OC)c(OC)c3)NS(=O)(=O)N2C)cc1OC. The number of carbonyl (C=O) groups excluding carboxylic acids is 1. The van der Waals surface area contributed by atoms with Gasteiger partial charge in [-0.1, -0.05) is 6.07 Å². The monoisotopic (exact) mass is 465 g/mol. The second kappa shape index (κ2) is 9.63. The fourth-order valence-electron chi connectivity index (χ4n) is 3.54. The Morgan fingerprint density at radius 3 is 2.09 bits per heavy atom. The molecule has 1 aliphatic heterocycles. The van der Waals surface area contributed by atoms with Gasteiger partial charge in [0, 0.05) is 18.8 Å². The average Bonchev–Trinajstić information content (AvgIpc) is 2.79. The van der Waals surface area contributed by atoms with Crippen molar-refractivity contribution < 1.29 is 32.2 Å². The highest BCUT2D eigenvalue weighted by Crippen LogP contribution is 2.35. The molecular formula is C21H27N3O7S.